The number of aromatic carboxylic acids is 1. The molecule has 0 aliphatic rings. The first-order valence-electron chi connectivity index (χ1n) is 4.00. The molecule has 0 unspecified atom stereocenters. The summed E-state index contributed by atoms with van der Waals surface area (Å²) in [6, 6.07) is 1.59. The third-order valence-electron chi connectivity index (χ3n) is 1.93. The summed E-state index contributed by atoms with van der Waals surface area (Å²) in [5, 5.41) is 8.79. The first-order chi connectivity index (χ1) is 6.49. The fraction of sp³-hybridized carbons (Fsp3) is 0.333. The molecule has 0 fully saturated rings. The summed E-state index contributed by atoms with van der Waals surface area (Å²) in [5.41, 5.74) is 0.114. The van der Waals surface area contributed by atoms with Gasteiger partial charge in [0.15, 0.2) is 0 Å². The fourth-order valence-electron chi connectivity index (χ4n) is 1.36. The van der Waals surface area contributed by atoms with Crippen LogP contribution in [-0.4, -0.2) is 22.9 Å². The van der Waals surface area contributed by atoms with Gasteiger partial charge < -0.3 is 9.94 Å². The lowest BCUT2D eigenvalue weighted by molar-refractivity contribution is 0.0686. The van der Waals surface area contributed by atoms with E-state index in [0.29, 0.717) is 11.3 Å². The maximum absolute atomic E-state index is 11.5. The molecule has 0 aliphatic heterocycles. The van der Waals surface area contributed by atoms with Crippen molar-refractivity contribution < 1.29 is 14.7 Å². The Morgan fingerprint density at radius 2 is 2.07 bits per heavy atom. The summed E-state index contributed by atoms with van der Waals surface area (Å²) in [4.78, 5) is 27.1. The molecule has 0 spiro atoms. The van der Waals surface area contributed by atoms with Crippen LogP contribution in [0, 0.1) is 13.8 Å². The zero-order valence-corrected chi connectivity index (χ0v) is 8.20. The van der Waals surface area contributed by atoms with Crippen LogP contribution in [-0.2, 0) is 0 Å². The van der Waals surface area contributed by atoms with Crippen molar-refractivity contribution in [3.63, 3.8) is 0 Å². The fourth-order valence-corrected chi connectivity index (χ4v) is 1.36. The largest absolute Gasteiger partial charge is 0.477 e. The molecule has 0 aliphatic carbocycles. The average molecular weight is 197 g/mol. The summed E-state index contributed by atoms with van der Waals surface area (Å²) in [6.07, 6.45) is 0. The minimum Gasteiger partial charge on any atom is -0.477 e. The first-order valence-corrected chi connectivity index (χ1v) is 4.00. The van der Waals surface area contributed by atoms with Gasteiger partial charge in [-0.25, -0.2) is 4.79 Å². The van der Waals surface area contributed by atoms with E-state index in [9.17, 15) is 9.59 Å². The smallest absolute Gasteiger partial charge is 0.341 e. The second-order valence-electron chi connectivity index (χ2n) is 2.93. The molecule has 0 bridgehead atoms. The Bertz CT molecular complexity index is 433. The number of carboxylic acid groups (broad SMARTS) is 1. The predicted molar refractivity (Wildman–Crippen MR) is 49.6 cm³/mol. The lowest BCUT2D eigenvalue weighted by atomic mass is 10.1. The molecule has 14 heavy (non-hydrogen) atoms. The summed E-state index contributed by atoms with van der Waals surface area (Å²) in [7, 11) is 1.31. The monoisotopic (exact) mass is 197 g/mol. The van der Waals surface area contributed by atoms with Crippen molar-refractivity contribution in [2.45, 2.75) is 13.8 Å². The Hall–Kier alpha value is -1.78. The number of pyridine rings is 1. The van der Waals surface area contributed by atoms with E-state index in [1.807, 2.05) is 0 Å². The van der Waals surface area contributed by atoms with Gasteiger partial charge in [-0.2, -0.15) is 0 Å². The number of aryl methyl sites for hydroxylation is 2. The number of nitrogens with zero attached hydrogens (tertiary/aromatic N) is 1. The van der Waals surface area contributed by atoms with Gasteiger partial charge in [-0.05, 0) is 25.5 Å². The van der Waals surface area contributed by atoms with Gasteiger partial charge in [0.05, 0.1) is 5.69 Å². The van der Waals surface area contributed by atoms with Gasteiger partial charge in [-0.1, -0.05) is 0 Å². The van der Waals surface area contributed by atoms with Crippen LogP contribution in [0.25, 0.3) is 0 Å². The van der Waals surface area contributed by atoms with Crippen LogP contribution >= 0.6 is 0 Å². The standard InChI is InChI=1S/C9H11NO4/c1-5-4-6(2)10(14-3)8(11)7(5)9(12)13/h4H,1-3H3,(H,12,13). The second-order valence-corrected chi connectivity index (χ2v) is 2.93. The molecule has 1 N–H and O–H groups in total. The van der Waals surface area contributed by atoms with Crippen LogP contribution in [0.2, 0.25) is 0 Å². The molecule has 1 aromatic rings. The van der Waals surface area contributed by atoms with Crippen LogP contribution in [0.5, 0.6) is 0 Å². The van der Waals surface area contributed by atoms with Crippen LogP contribution in [0.15, 0.2) is 10.9 Å². The number of hydrogen-bond donors (Lipinski definition) is 1. The van der Waals surface area contributed by atoms with Gasteiger partial charge in [-0.3, -0.25) is 4.79 Å². The molecular formula is C9H11NO4. The van der Waals surface area contributed by atoms with Gasteiger partial charge in [0.25, 0.3) is 5.56 Å². The SMILES string of the molecule is COn1c(C)cc(C)c(C(=O)O)c1=O. The van der Waals surface area contributed by atoms with E-state index in [4.69, 9.17) is 9.94 Å². The topological polar surface area (TPSA) is 68.5 Å². The van der Waals surface area contributed by atoms with Crippen LogP contribution in [0.1, 0.15) is 21.6 Å². The Morgan fingerprint density at radius 1 is 1.50 bits per heavy atom. The maximum Gasteiger partial charge on any atom is 0.341 e. The van der Waals surface area contributed by atoms with E-state index >= 15 is 0 Å². The van der Waals surface area contributed by atoms with Crippen molar-refractivity contribution in [3.05, 3.63) is 33.2 Å². The number of aromatic nitrogens is 1. The number of carboxylic acids is 1. The van der Waals surface area contributed by atoms with Crippen LogP contribution in [0.3, 0.4) is 0 Å². The summed E-state index contributed by atoms with van der Waals surface area (Å²) in [5.74, 6) is -1.24. The molecule has 0 radical (unpaired) electrons. The van der Waals surface area contributed by atoms with Gasteiger partial charge in [-0.15, -0.1) is 4.73 Å². The molecule has 1 aromatic heterocycles. The third kappa shape index (κ3) is 1.48. The zero-order chi connectivity index (χ0) is 10.9. The number of carbonyl (C=O) groups is 1. The normalized spacial score (nSPS) is 9.93. The molecule has 0 saturated carbocycles. The van der Waals surface area contributed by atoms with E-state index in [0.717, 1.165) is 4.73 Å². The summed E-state index contributed by atoms with van der Waals surface area (Å²) in [6.45, 7) is 3.25. The molecule has 1 heterocycles. The van der Waals surface area contributed by atoms with E-state index in [1.54, 1.807) is 19.9 Å². The second kappa shape index (κ2) is 3.53. The third-order valence-corrected chi connectivity index (χ3v) is 1.93. The van der Waals surface area contributed by atoms with Crippen molar-refractivity contribution in [1.82, 2.24) is 4.73 Å². The van der Waals surface area contributed by atoms with Crippen molar-refractivity contribution in [1.29, 1.82) is 0 Å². The first kappa shape index (κ1) is 10.3. The predicted octanol–water partition coefficient (Wildman–Crippen LogP) is 0.222. The van der Waals surface area contributed by atoms with Crippen molar-refractivity contribution in [2.75, 3.05) is 7.11 Å². The maximum atomic E-state index is 11.5. The Kier molecular flexibility index (Phi) is 2.60. The summed E-state index contributed by atoms with van der Waals surface area (Å²) < 4.78 is 0.955. The molecule has 5 heteroatoms. The van der Waals surface area contributed by atoms with Crippen molar-refractivity contribution >= 4 is 5.97 Å². The highest BCUT2D eigenvalue weighted by molar-refractivity contribution is 5.88. The molecule has 1 rings (SSSR count). The number of hydrogen-bond acceptors (Lipinski definition) is 3. The minimum absolute atomic E-state index is 0.252. The van der Waals surface area contributed by atoms with Crippen LogP contribution < -0.4 is 10.4 Å². The Balaban J connectivity index is 3.61. The molecular weight excluding hydrogens is 186 g/mol. The van der Waals surface area contributed by atoms with Gasteiger partial charge in [0, 0.05) is 0 Å². The summed E-state index contributed by atoms with van der Waals surface area (Å²) >= 11 is 0. The minimum atomic E-state index is -1.24. The van der Waals surface area contributed by atoms with Gasteiger partial charge in [0.1, 0.15) is 12.7 Å². The highest BCUT2D eigenvalue weighted by atomic mass is 16.6. The van der Waals surface area contributed by atoms with Crippen molar-refractivity contribution in [3.8, 4) is 0 Å². The molecule has 5 nitrogen and oxygen atoms in total. The average Bonchev–Trinajstić information content (AvgIpc) is 2.02. The quantitative estimate of drug-likeness (QED) is 0.736. The van der Waals surface area contributed by atoms with E-state index < -0.39 is 11.5 Å². The molecule has 76 valence electrons. The Labute approximate surface area is 80.5 Å². The van der Waals surface area contributed by atoms with Gasteiger partial charge >= 0.3 is 5.97 Å². The molecule has 0 saturated heterocycles. The zero-order valence-electron chi connectivity index (χ0n) is 8.20. The van der Waals surface area contributed by atoms with Crippen LogP contribution in [0.4, 0.5) is 0 Å². The number of rotatable bonds is 2. The molecule has 0 amide bonds. The van der Waals surface area contributed by atoms with Crippen molar-refractivity contribution in [2.24, 2.45) is 0 Å². The van der Waals surface area contributed by atoms with Gasteiger partial charge in [0.2, 0.25) is 0 Å². The molecule has 0 atom stereocenters. The lowest BCUT2D eigenvalue weighted by Crippen LogP contribution is -2.32. The van der Waals surface area contributed by atoms with E-state index in [2.05, 4.69) is 0 Å². The highest BCUT2D eigenvalue weighted by Gasteiger charge is 2.16. The molecule has 0 aromatic carbocycles. The lowest BCUT2D eigenvalue weighted by Gasteiger charge is -2.09. The highest BCUT2D eigenvalue weighted by Crippen LogP contribution is 2.04. The van der Waals surface area contributed by atoms with E-state index in [1.165, 1.54) is 7.11 Å². The Morgan fingerprint density at radius 3 is 2.50 bits per heavy atom. The van der Waals surface area contributed by atoms with E-state index in [-0.39, 0.29) is 5.56 Å².